The van der Waals surface area contributed by atoms with Crippen molar-refractivity contribution in [1.82, 2.24) is 0 Å². The average molecular weight is 373 g/mol. The molecule has 27 heavy (non-hydrogen) atoms. The van der Waals surface area contributed by atoms with Crippen LogP contribution in [0.25, 0.3) is 0 Å². The largest absolute Gasteiger partial charge is 0.458 e. The summed E-state index contributed by atoms with van der Waals surface area (Å²) in [6.07, 6.45) is 10.1. The van der Waals surface area contributed by atoms with Crippen LogP contribution in [0.1, 0.15) is 72.1 Å². The molecule has 0 saturated heterocycles. The second-order valence-electron chi connectivity index (χ2n) is 9.89. The SMILES string of the molecule is CC(=O)OCC(=O)[C@H]1CCC2C3CCC4=CC(=O)CC[C@]4(C)C3CC[C@@]21C. The normalized spacial score (nSPS) is 43.2. The van der Waals surface area contributed by atoms with E-state index in [1.165, 1.54) is 12.5 Å². The van der Waals surface area contributed by atoms with Gasteiger partial charge in [-0.15, -0.1) is 0 Å². The summed E-state index contributed by atoms with van der Waals surface area (Å²) < 4.78 is 5.02. The minimum atomic E-state index is -0.377. The minimum Gasteiger partial charge on any atom is -0.458 e. The van der Waals surface area contributed by atoms with Crippen molar-refractivity contribution in [3.63, 3.8) is 0 Å². The molecular weight excluding hydrogens is 340 g/mol. The predicted molar refractivity (Wildman–Crippen MR) is 102 cm³/mol. The number of allylic oxidation sites excluding steroid dienone is 1. The van der Waals surface area contributed by atoms with Crippen LogP contribution in [0.5, 0.6) is 0 Å². The van der Waals surface area contributed by atoms with Crippen molar-refractivity contribution in [2.45, 2.75) is 72.1 Å². The molecule has 0 bridgehead atoms. The van der Waals surface area contributed by atoms with E-state index in [2.05, 4.69) is 13.8 Å². The number of carbonyl (C=O) groups excluding carboxylic acids is 3. The molecule has 0 amide bonds. The fourth-order valence-corrected chi connectivity index (χ4v) is 7.36. The summed E-state index contributed by atoms with van der Waals surface area (Å²) in [7, 11) is 0. The van der Waals surface area contributed by atoms with Gasteiger partial charge >= 0.3 is 5.97 Å². The number of rotatable bonds is 3. The minimum absolute atomic E-state index is 0.0282. The van der Waals surface area contributed by atoms with Crippen LogP contribution in [-0.4, -0.2) is 24.1 Å². The average Bonchev–Trinajstić information content (AvgIpc) is 2.97. The Hall–Kier alpha value is -1.45. The topological polar surface area (TPSA) is 60.4 Å². The zero-order chi connectivity index (χ0) is 19.4. The summed E-state index contributed by atoms with van der Waals surface area (Å²) in [5.41, 5.74) is 1.61. The third-order valence-electron chi connectivity index (χ3n) is 8.77. The highest BCUT2D eigenvalue weighted by Crippen LogP contribution is 2.66. The highest BCUT2D eigenvalue weighted by molar-refractivity contribution is 5.91. The number of hydrogen-bond acceptors (Lipinski definition) is 4. The van der Waals surface area contributed by atoms with Gasteiger partial charge in [0.15, 0.2) is 11.6 Å². The van der Waals surface area contributed by atoms with Gasteiger partial charge < -0.3 is 4.74 Å². The quantitative estimate of drug-likeness (QED) is 0.694. The molecule has 0 heterocycles. The van der Waals surface area contributed by atoms with Crippen molar-refractivity contribution in [2.75, 3.05) is 6.61 Å². The first-order valence-electron chi connectivity index (χ1n) is 10.7. The van der Waals surface area contributed by atoms with Crippen molar-refractivity contribution in [2.24, 2.45) is 34.5 Å². The molecule has 4 nitrogen and oxygen atoms in total. The van der Waals surface area contributed by atoms with Crippen LogP contribution in [0, 0.1) is 34.5 Å². The molecule has 0 radical (unpaired) electrons. The van der Waals surface area contributed by atoms with Gasteiger partial charge in [0, 0.05) is 19.3 Å². The van der Waals surface area contributed by atoms with E-state index in [0.29, 0.717) is 30.0 Å². The van der Waals surface area contributed by atoms with Crippen LogP contribution in [0.3, 0.4) is 0 Å². The van der Waals surface area contributed by atoms with Crippen LogP contribution < -0.4 is 0 Å². The zero-order valence-electron chi connectivity index (χ0n) is 16.9. The summed E-state index contributed by atoms with van der Waals surface area (Å²) in [6.45, 7) is 6.00. The summed E-state index contributed by atoms with van der Waals surface area (Å²) >= 11 is 0. The molecule has 0 aliphatic heterocycles. The Morgan fingerprint density at radius 3 is 2.59 bits per heavy atom. The zero-order valence-corrected chi connectivity index (χ0v) is 16.9. The van der Waals surface area contributed by atoms with E-state index in [1.807, 2.05) is 6.08 Å². The van der Waals surface area contributed by atoms with Gasteiger partial charge in [-0.25, -0.2) is 0 Å². The number of hydrogen-bond donors (Lipinski definition) is 0. The first-order valence-corrected chi connectivity index (χ1v) is 10.7. The lowest BCUT2D eigenvalue weighted by Crippen LogP contribution is -2.51. The van der Waals surface area contributed by atoms with E-state index in [0.717, 1.165) is 44.9 Å². The smallest absolute Gasteiger partial charge is 0.303 e. The second-order valence-corrected chi connectivity index (χ2v) is 9.89. The summed E-state index contributed by atoms with van der Waals surface area (Å²) in [4.78, 5) is 35.8. The maximum absolute atomic E-state index is 12.8. The molecule has 148 valence electrons. The lowest BCUT2D eigenvalue weighted by atomic mass is 9.46. The van der Waals surface area contributed by atoms with E-state index in [1.54, 1.807) is 0 Å². The molecule has 0 aromatic heterocycles. The van der Waals surface area contributed by atoms with Gasteiger partial charge in [-0.3, -0.25) is 14.4 Å². The highest BCUT2D eigenvalue weighted by Gasteiger charge is 2.60. The molecule has 4 aliphatic carbocycles. The molecule has 6 atom stereocenters. The molecule has 0 N–H and O–H groups in total. The summed E-state index contributed by atoms with van der Waals surface area (Å²) in [6, 6.07) is 0. The van der Waals surface area contributed by atoms with Crippen LogP contribution in [0.2, 0.25) is 0 Å². The molecular formula is C23H32O4. The first kappa shape index (κ1) is 18.9. The number of Topliss-reactive ketones (excluding diaryl/α,β-unsaturated/α-hetero) is 1. The van der Waals surface area contributed by atoms with E-state index < -0.39 is 0 Å². The van der Waals surface area contributed by atoms with Crippen LogP contribution >= 0.6 is 0 Å². The van der Waals surface area contributed by atoms with Crippen LogP contribution in [0.15, 0.2) is 11.6 Å². The number of ketones is 2. The van der Waals surface area contributed by atoms with Gasteiger partial charge in [0.2, 0.25) is 0 Å². The third kappa shape index (κ3) is 2.91. The number of carbonyl (C=O) groups is 3. The summed E-state index contributed by atoms with van der Waals surface area (Å²) in [5, 5.41) is 0. The van der Waals surface area contributed by atoms with E-state index in [9.17, 15) is 14.4 Å². The van der Waals surface area contributed by atoms with E-state index >= 15 is 0 Å². The molecule has 3 fully saturated rings. The van der Waals surface area contributed by atoms with Gasteiger partial charge in [-0.1, -0.05) is 19.4 Å². The molecule has 3 saturated carbocycles. The molecule has 4 aliphatic rings. The standard InChI is InChI=1S/C23H32O4/c1-14(24)27-13-21(26)20-7-6-18-17-5-4-15-12-16(25)8-10-22(15,2)19(17)9-11-23(18,20)3/h12,17-20H,4-11,13H2,1-3H3/t17?,18?,19?,20-,22+,23+/m1/s1. The van der Waals surface area contributed by atoms with Gasteiger partial charge in [0.05, 0.1) is 0 Å². The molecule has 0 spiro atoms. The first-order chi connectivity index (χ1) is 12.8. The monoisotopic (exact) mass is 372 g/mol. The van der Waals surface area contributed by atoms with Crippen molar-refractivity contribution in [3.05, 3.63) is 11.6 Å². The Bertz CT molecular complexity index is 707. The van der Waals surface area contributed by atoms with Crippen molar-refractivity contribution >= 4 is 17.5 Å². The van der Waals surface area contributed by atoms with Gasteiger partial charge in [0.25, 0.3) is 0 Å². The molecule has 0 aromatic carbocycles. The lowest BCUT2D eigenvalue weighted by molar-refractivity contribution is -0.149. The highest BCUT2D eigenvalue weighted by atomic mass is 16.5. The third-order valence-corrected chi connectivity index (χ3v) is 8.77. The number of fused-ring (bicyclic) bond motifs is 5. The maximum Gasteiger partial charge on any atom is 0.303 e. The summed E-state index contributed by atoms with van der Waals surface area (Å²) in [5.74, 6) is 1.95. The van der Waals surface area contributed by atoms with Gasteiger partial charge in [-0.05, 0) is 79.6 Å². The Morgan fingerprint density at radius 1 is 1.07 bits per heavy atom. The second kappa shape index (κ2) is 6.56. The Labute approximate surface area is 162 Å². The number of ether oxygens (including phenoxy) is 1. The Morgan fingerprint density at radius 2 is 1.85 bits per heavy atom. The Balaban J connectivity index is 1.56. The Kier molecular flexibility index (Phi) is 4.59. The van der Waals surface area contributed by atoms with Crippen molar-refractivity contribution < 1.29 is 19.1 Å². The maximum atomic E-state index is 12.8. The fourth-order valence-electron chi connectivity index (χ4n) is 7.36. The van der Waals surface area contributed by atoms with Crippen LogP contribution in [0.4, 0.5) is 0 Å². The number of esters is 1. The predicted octanol–water partition coefficient (Wildman–Crippen LogP) is 4.27. The fraction of sp³-hybridized carbons (Fsp3) is 0.783. The lowest BCUT2D eigenvalue weighted by Gasteiger charge is -2.58. The molecule has 4 heteroatoms. The van der Waals surface area contributed by atoms with E-state index in [4.69, 9.17) is 4.74 Å². The van der Waals surface area contributed by atoms with Gasteiger partial charge in [-0.2, -0.15) is 0 Å². The molecule has 4 rings (SSSR count). The van der Waals surface area contributed by atoms with Gasteiger partial charge in [0.1, 0.15) is 6.61 Å². The van der Waals surface area contributed by atoms with Crippen molar-refractivity contribution in [3.8, 4) is 0 Å². The molecule has 0 aromatic rings. The van der Waals surface area contributed by atoms with Crippen molar-refractivity contribution in [1.29, 1.82) is 0 Å². The van der Waals surface area contributed by atoms with E-state index in [-0.39, 0.29) is 35.1 Å². The molecule has 3 unspecified atom stereocenters. The van der Waals surface area contributed by atoms with Crippen LogP contribution in [-0.2, 0) is 19.1 Å².